The molecule has 1 aliphatic rings. The van der Waals surface area contributed by atoms with Gasteiger partial charge in [-0.05, 0) is 52.4 Å². The van der Waals surface area contributed by atoms with Crippen LogP contribution in [0.4, 0.5) is 0 Å². The molecule has 9 nitrogen and oxygen atoms in total. The lowest BCUT2D eigenvalue weighted by Gasteiger charge is -2.39. The number of aliphatic hydroxyl groups is 5. The fourth-order valence-corrected chi connectivity index (χ4v) is 6.52. The number of hydrogen-bond acceptors (Lipinski definition) is 8. The molecule has 1 heterocycles. The third-order valence-corrected chi connectivity index (χ3v) is 10.1. The molecule has 0 aromatic rings. The summed E-state index contributed by atoms with van der Waals surface area (Å²) in [5.41, 5.74) is 1.37. The molecule has 1 amide bonds. The Morgan fingerprint density at radius 3 is 1.79 bits per heavy atom. The lowest BCUT2D eigenvalue weighted by atomic mass is 10.00. The first-order valence-corrected chi connectivity index (χ1v) is 21.1. The summed E-state index contributed by atoms with van der Waals surface area (Å²) >= 11 is 0. The minimum absolute atomic E-state index is 0.263. The summed E-state index contributed by atoms with van der Waals surface area (Å²) in [5.74, 6) is -0.676. The molecule has 52 heavy (non-hydrogen) atoms. The fraction of sp³-hybridized carbons (Fsp3) is 0.837. The summed E-state index contributed by atoms with van der Waals surface area (Å²) in [5, 5.41) is 54.8. The molecule has 0 aromatic heterocycles. The van der Waals surface area contributed by atoms with Gasteiger partial charge in [0.15, 0.2) is 12.4 Å². The number of carbonyl (C=O) groups excluding carboxylic acids is 1. The van der Waals surface area contributed by atoms with E-state index in [-0.39, 0.29) is 6.61 Å². The molecule has 0 saturated carbocycles. The molecule has 9 heteroatoms. The maximum absolute atomic E-state index is 12.9. The summed E-state index contributed by atoms with van der Waals surface area (Å²) in [6, 6.07) is -0.965. The molecule has 0 aliphatic carbocycles. The highest BCUT2D eigenvalue weighted by Crippen LogP contribution is 2.22. The smallest absolute Gasteiger partial charge is 0.253 e. The van der Waals surface area contributed by atoms with Crippen molar-refractivity contribution in [3.05, 3.63) is 36.0 Å². The minimum Gasteiger partial charge on any atom is -0.388 e. The summed E-state index contributed by atoms with van der Waals surface area (Å²) in [6.07, 6.45) is 27.8. The van der Waals surface area contributed by atoms with E-state index < -0.39 is 54.9 Å². The number of amides is 1. The quantitative estimate of drug-likeness (QED) is 0.0300. The van der Waals surface area contributed by atoms with Crippen LogP contribution < -0.4 is 5.32 Å². The molecule has 1 saturated heterocycles. The first-order valence-electron chi connectivity index (χ1n) is 21.1. The standard InChI is InChI=1S/C43H79NO8/c1-5-7-9-11-13-14-15-16-17-18-19-21-23-27-32-38(46)42(50)44-36(33-51-43-41(49)40(48)39(47)35(4)52-43)37(45)31-28-24-26-30-34(3)29-25-22-20-12-10-8-6-2/h27-28,30-32,35-41,43,45-49H,5-26,29,33H2,1-4H3,(H,44,50)/b31-28+,32-27+,34-30+/t35?,36?,37?,38?,39-,40?,41?,43-/m1/s1. The average molecular weight is 738 g/mol. The topological polar surface area (TPSA) is 149 Å². The minimum atomic E-state index is -1.51. The molecule has 1 rings (SSSR count). The van der Waals surface area contributed by atoms with E-state index >= 15 is 0 Å². The number of ether oxygens (including phenoxy) is 2. The Morgan fingerprint density at radius 1 is 0.692 bits per heavy atom. The molecule has 1 aliphatic heterocycles. The van der Waals surface area contributed by atoms with Gasteiger partial charge in [-0.15, -0.1) is 0 Å². The number of aliphatic hydroxyl groups excluding tert-OH is 5. The third-order valence-electron chi connectivity index (χ3n) is 10.1. The first kappa shape index (κ1) is 48.4. The molecule has 304 valence electrons. The van der Waals surface area contributed by atoms with Crippen LogP contribution in [0.25, 0.3) is 0 Å². The molecule has 0 spiro atoms. The Labute approximate surface area is 317 Å². The van der Waals surface area contributed by atoms with Crippen molar-refractivity contribution in [1.29, 1.82) is 0 Å². The second-order valence-corrected chi connectivity index (χ2v) is 15.1. The molecule has 0 aromatic carbocycles. The van der Waals surface area contributed by atoms with Crippen molar-refractivity contribution in [3.63, 3.8) is 0 Å². The van der Waals surface area contributed by atoms with E-state index in [9.17, 15) is 30.3 Å². The molecule has 8 atom stereocenters. The van der Waals surface area contributed by atoms with E-state index in [0.29, 0.717) is 6.42 Å². The summed E-state index contributed by atoms with van der Waals surface area (Å²) in [4.78, 5) is 12.9. The van der Waals surface area contributed by atoms with Crippen LogP contribution in [-0.4, -0.2) is 87.0 Å². The van der Waals surface area contributed by atoms with Gasteiger partial charge in [0.25, 0.3) is 5.91 Å². The second kappa shape index (κ2) is 31.7. The number of rotatable bonds is 32. The number of carbonyl (C=O) groups is 1. The Kier molecular flexibility index (Phi) is 29.6. The lowest BCUT2D eigenvalue weighted by molar-refractivity contribution is -0.294. The Bertz CT molecular complexity index is 955. The lowest BCUT2D eigenvalue weighted by Crippen LogP contribution is -2.58. The highest BCUT2D eigenvalue weighted by molar-refractivity contribution is 5.82. The number of nitrogens with one attached hydrogen (secondary N) is 1. The van der Waals surface area contributed by atoms with E-state index in [1.54, 1.807) is 13.0 Å². The zero-order chi connectivity index (χ0) is 38.4. The normalized spacial score (nSPS) is 23.0. The van der Waals surface area contributed by atoms with E-state index in [2.05, 4.69) is 32.2 Å². The molecule has 6 N–H and O–H groups in total. The van der Waals surface area contributed by atoms with Crippen LogP contribution in [0.3, 0.4) is 0 Å². The summed E-state index contributed by atoms with van der Waals surface area (Å²) in [7, 11) is 0. The molecule has 6 unspecified atom stereocenters. The van der Waals surface area contributed by atoms with Gasteiger partial charge >= 0.3 is 0 Å². The van der Waals surface area contributed by atoms with Gasteiger partial charge in [0, 0.05) is 0 Å². The zero-order valence-corrected chi connectivity index (χ0v) is 33.4. The van der Waals surface area contributed by atoms with E-state index in [1.807, 2.05) is 12.2 Å². The van der Waals surface area contributed by atoms with Gasteiger partial charge in [-0.3, -0.25) is 4.79 Å². The average Bonchev–Trinajstić information content (AvgIpc) is 3.13. The van der Waals surface area contributed by atoms with Gasteiger partial charge in [0.05, 0.1) is 24.9 Å². The Hall–Kier alpha value is -1.59. The van der Waals surface area contributed by atoms with Crippen LogP contribution in [-0.2, 0) is 14.3 Å². The van der Waals surface area contributed by atoms with Gasteiger partial charge in [0.1, 0.15) is 18.3 Å². The van der Waals surface area contributed by atoms with Crippen LogP contribution >= 0.6 is 0 Å². The molecular formula is C43H79NO8. The number of allylic oxidation sites excluding steroid dienone is 4. The van der Waals surface area contributed by atoms with Crippen LogP contribution in [0.2, 0.25) is 0 Å². The van der Waals surface area contributed by atoms with Crippen molar-refractivity contribution in [3.8, 4) is 0 Å². The SMILES string of the molecule is CCCCCCCCCCCCCC/C=C/C(O)C(=O)NC(CO[C@@H]1OC(C)[C@@H](O)C(O)C1O)C(O)/C=C/CC/C=C(\C)CCCCCCCCC. The van der Waals surface area contributed by atoms with Gasteiger partial charge in [-0.25, -0.2) is 0 Å². The summed E-state index contributed by atoms with van der Waals surface area (Å²) in [6.45, 7) is 7.94. The van der Waals surface area contributed by atoms with Crippen LogP contribution in [0.1, 0.15) is 175 Å². The van der Waals surface area contributed by atoms with E-state index in [1.165, 1.54) is 121 Å². The summed E-state index contributed by atoms with van der Waals surface area (Å²) < 4.78 is 11.2. The van der Waals surface area contributed by atoms with Gasteiger partial charge < -0.3 is 40.3 Å². The fourth-order valence-electron chi connectivity index (χ4n) is 6.52. The molecule has 0 bridgehead atoms. The van der Waals surface area contributed by atoms with Crippen LogP contribution in [0, 0.1) is 0 Å². The first-order chi connectivity index (χ1) is 25.1. The second-order valence-electron chi connectivity index (χ2n) is 15.1. The Balaban J connectivity index is 2.55. The van der Waals surface area contributed by atoms with Crippen LogP contribution in [0.5, 0.6) is 0 Å². The van der Waals surface area contributed by atoms with E-state index in [4.69, 9.17) is 9.47 Å². The van der Waals surface area contributed by atoms with Crippen molar-refractivity contribution < 1.29 is 39.8 Å². The van der Waals surface area contributed by atoms with Crippen molar-refractivity contribution >= 4 is 5.91 Å². The van der Waals surface area contributed by atoms with Crippen molar-refractivity contribution in [2.24, 2.45) is 0 Å². The van der Waals surface area contributed by atoms with Crippen molar-refractivity contribution in [1.82, 2.24) is 5.32 Å². The zero-order valence-electron chi connectivity index (χ0n) is 33.4. The predicted molar refractivity (Wildman–Crippen MR) is 212 cm³/mol. The van der Waals surface area contributed by atoms with Crippen LogP contribution in [0.15, 0.2) is 36.0 Å². The maximum atomic E-state index is 12.9. The number of hydrogen-bond donors (Lipinski definition) is 6. The third kappa shape index (κ3) is 23.3. The Morgan fingerprint density at radius 2 is 1.21 bits per heavy atom. The molecular weight excluding hydrogens is 658 g/mol. The van der Waals surface area contributed by atoms with Gasteiger partial charge in [-0.1, -0.05) is 159 Å². The largest absolute Gasteiger partial charge is 0.388 e. The van der Waals surface area contributed by atoms with Gasteiger partial charge in [-0.2, -0.15) is 0 Å². The monoisotopic (exact) mass is 738 g/mol. The van der Waals surface area contributed by atoms with Gasteiger partial charge in [0.2, 0.25) is 0 Å². The highest BCUT2D eigenvalue weighted by atomic mass is 16.7. The molecule has 0 radical (unpaired) electrons. The molecule has 1 fully saturated rings. The van der Waals surface area contributed by atoms with E-state index in [0.717, 1.165) is 32.1 Å². The maximum Gasteiger partial charge on any atom is 0.253 e. The van der Waals surface area contributed by atoms with Crippen molar-refractivity contribution in [2.45, 2.75) is 224 Å². The predicted octanol–water partition coefficient (Wildman–Crippen LogP) is 8.11. The number of unbranched alkanes of at least 4 members (excludes halogenated alkanes) is 19. The highest BCUT2D eigenvalue weighted by Gasteiger charge is 2.42. The van der Waals surface area contributed by atoms with Crippen molar-refractivity contribution in [2.75, 3.05) is 6.61 Å².